The summed E-state index contributed by atoms with van der Waals surface area (Å²) >= 11 is 0. The Morgan fingerprint density at radius 2 is 1.80 bits per heavy atom. The van der Waals surface area contributed by atoms with E-state index in [1.807, 2.05) is 0 Å². The molecule has 0 fully saturated rings. The van der Waals surface area contributed by atoms with Gasteiger partial charge in [-0.1, -0.05) is 12.1 Å². The van der Waals surface area contributed by atoms with Gasteiger partial charge in [-0.2, -0.15) is 0 Å². The summed E-state index contributed by atoms with van der Waals surface area (Å²) in [5.41, 5.74) is 1.64. The summed E-state index contributed by atoms with van der Waals surface area (Å²) in [6.45, 7) is 1.42. The molecule has 0 unspecified atom stereocenters. The molecule has 0 atom stereocenters. The van der Waals surface area contributed by atoms with Gasteiger partial charge in [0.2, 0.25) is 11.8 Å². The number of nitrogens with one attached hydrogen (secondary N) is 2. The van der Waals surface area contributed by atoms with Crippen molar-refractivity contribution in [3.8, 4) is 5.75 Å². The van der Waals surface area contributed by atoms with Gasteiger partial charge in [-0.25, -0.2) is 0 Å². The van der Waals surface area contributed by atoms with Crippen molar-refractivity contribution < 1.29 is 19.2 Å². The average Bonchev–Trinajstić information content (AvgIpc) is 2.56. The molecule has 8 nitrogen and oxygen atoms in total. The number of non-ortho nitro benzene ring substituents is 1. The number of amides is 2. The highest BCUT2D eigenvalue weighted by Gasteiger charge is 2.13. The van der Waals surface area contributed by atoms with Gasteiger partial charge in [0, 0.05) is 18.7 Å². The van der Waals surface area contributed by atoms with Gasteiger partial charge in [0.1, 0.15) is 5.75 Å². The molecule has 0 spiro atoms. The number of hydrogen-bond acceptors (Lipinski definition) is 5. The van der Waals surface area contributed by atoms with Gasteiger partial charge in [-0.05, 0) is 23.8 Å². The van der Waals surface area contributed by atoms with Crippen LogP contribution in [0, 0.1) is 10.1 Å². The maximum absolute atomic E-state index is 12.2. The molecule has 2 N–H and O–H groups in total. The SMILES string of the molecule is COc1cc([N+](=O)[O-])ccc1NC(=O)Cc1ccc(NC(C)=O)cc1. The number of benzene rings is 2. The zero-order valence-corrected chi connectivity index (χ0v) is 13.7. The smallest absolute Gasteiger partial charge is 0.273 e. The lowest BCUT2D eigenvalue weighted by atomic mass is 10.1. The van der Waals surface area contributed by atoms with Crippen molar-refractivity contribution in [2.24, 2.45) is 0 Å². The predicted molar refractivity (Wildman–Crippen MR) is 92.7 cm³/mol. The van der Waals surface area contributed by atoms with Crippen molar-refractivity contribution in [3.05, 3.63) is 58.1 Å². The number of carbonyl (C=O) groups is 2. The number of anilines is 2. The van der Waals surface area contributed by atoms with Crippen LogP contribution in [0.4, 0.5) is 17.1 Å². The quantitative estimate of drug-likeness (QED) is 0.619. The molecule has 0 aliphatic heterocycles. The van der Waals surface area contributed by atoms with Crippen molar-refractivity contribution in [2.45, 2.75) is 13.3 Å². The van der Waals surface area contributed by atoms with E-state index >= 15 is 0 Å². The van der Waals surface area contributed by atoms with Crippen LogP contribution in [-0.4, -0.2) is 23.8 Å². The van der Waals surface area contributed by atoms with E-state index in [2.05, 4.69) is 10.6 Å². The molecule has 2 amide bonds. The van der Waals surface area contributed by atoms with E-state index in [1.54, 1.807) is 24.3 Å². The van der Waals surface area contributed by atoms with Crippen LogP contribution in [0.25, 0.3) is 0 Å². The molecular weight excluding hydrogens is 326 g/mol. The predicted octanol–water partition coefficient (Wildman–Crippen LogP) is 2.74. The molecule has 8 heteroatoms. The first-order chi connectivity index (χ1) is 11.9. The second-order valence-electron chi connectivity index (χ2n) is 5.24. The summed E-state index contributed by atoms with van der Waals surface area (Å²) in [6.07, 6.45) is 0.112. The summed E-state index contributed by atoms with van der Waals surface area (Å²) in [5, 5.41) is 16.1. The number of nitro benzene ring substituents is 1. The zero-order chi connectivity index (χ0) is 18.4. The highest BCUT2D eigenvalue weighted by Crippen LogP contribution is 2.29. The van der Waals surface area contributed by atoms with Gasteiger partial charge in [0.15, 0.2) is 0 Å². The monoisotopic (exact) mass is 343 g/mol. The van der Waals surface area contributed by atoms with Crippen molar-refractivity contribution in [3.63, 3.8) is 0 Å². The highest BCUT2D eigenvalue weighted by molar-refractivity contribution is 5.94. The Kier molecular flexibility index (Phi) is 5.67. The second kappa shape index (κ2) is 7.91. The van der Waals surface area contributed by atoms with E-state index < -0.39 is 4.92 Å². The van der Waals surface area contributed by atoms with Gasteiger partial charge < -0.3 is 15.4 Å². The number of nitrogens with zero attached hydrogens (tertiary/aromatic N) is 1. The fourth-order valence-electron chi connectivity index (χ4n) is 2.19. The van der Waals surface area contributed by atoms with Crippen LogP contribution in [0.15, 0.2) is 42.5 Å². The maximum atomic E-state index is 12.2. The van der Waals surface area contributed by atoms with Crippen molar-refractivity contribution >= 4 is 28.9 Å². The normalized spacial score (nSPS) is 10.0. The molecular formula is C17H17N3O5. The summed E-state index contributed by atoms with van der Waals surface area (Å²) < 4.78 is 5.08. The third-order valence-electron chi connectivity index (χ3n) is 3.31. The topological polar surface area (TPSA) is 111 Å². The standard InChI is InChI=1S/C17H17N3O5/c1-11(21)18-13-5-3-12(4-6-13)9-17(22)19-15-8-7-14(20(23)24)10-16(15)25-2/h3-8,10H,9H2,1-2H3,(H,18,21)(H,19,22). The van der Waals surface area contributed by atoms with E-state index in [-0.39, 0.29) is 29.7 Å². The van der Waals surface area contributed by atoms with Crippen LogP contribution < -0.4 is 15.4 Å². The zero-order valence-electron chi connectivity index (χ0n) is 13.7. The number of hydrogen-bond donors (Lipinski definition) is 2. The molecule has 0 radical (unpaired) electrons. The fourth-order valence-corrected chi connectivity index (χ4v) is 2.19. The Morgan fingerprint density at radius 1 is 1.12 bits per heavy atom. The Balaban J connectivity index is 2.04. The Morgan fingerprint density at radius 3 is 2.36 bits per heavy atom. The lowest BCUT2D eigenvalue weighted by Gasteiger charge is -2.10. The minimum atomic E-state index is -0.537. The van der Waals surface area contributed by atoms with Crippen LogP contribution >= 0.6 is 0 Å². The fraction of sp³-hybridized carbons (Fsp3) is 0.176. The first-order valence-electron chi connectivity index (χ1n) is 7.38. The molecule has 0 bridgehead atoms. The molecule has 0 saturated carbocycles. The third kappa shape index (κ3) is 5.03. The Hall–Kier alpha value is -3.42. The Bertz CT molecular complexity index is 802. The minimum Gasteiger partial charge on any atom is -0.494 e. The molecule has 0 aliphatic rings. The van der Waals surface area contributed by atoms with Gasteiger partial charge in [-0.15, -0.1) is 0 Å². The van der Waals surface area contributed by atoms with Crippen LogP contribution in [0.3, 0.4) is 0 Å². The molecule has 0 aromatic heterocycles. The van der Waals surface area contributed by atoms with E-state index in [1.165, 1.54) is 32.2 Å². The first-order valence-corrected chi connectivity index (χ1v) is 7.38. The van der Waals surface area contributed by atoms with Crippen LogP contribution in [0.1, 0.15) is 12.5 Å². The third-order valence-corrected chi connectivity index (χ3v) is 3.31. The summed E-state index contributed by atoms with van der Waals surface area (Å²) in [5.74, 6) is -0.251. The van der Waals surface area contributed by atoms with Crippen molar-refractivity contribution in [1.29, 1.82) is 0 Å². The van der Waals surface area contributed by atoms with Crippen molar-refractivity contribution in [2.75, 3.05) is 17.7 Å². The minimum absolute atomic E-state index is 0.112. The summed E-state index contributed by atoms with van der Waals surface area (Å²) in [7, 11) is 1.37. The lowest BCUT2D eigenvalue weighted by molar-refractivity contribution is -0.384. The van der Waals surface area contributed by atoms with E-state index in [0.717, 1.165) is 5.56 Å². The first kappa shape index (κ1) is 17.9. The van der Waals surface area contributed by atoms with Gasteiger partial charge in [0.05, 0.1) is 30.2 Å². The molecule has 2 rings (SSSR count). The van der Waals surface area contributed by atoms with E-state index in [9.17, 15) is 19.7 Å². The number of methoxy groups -OCH3 is 1. The van der Waals surface area contributed by atoms with Gasteiger partial charge in [-0.3, -0.25) is 19.7 Å². The number of carbonyl (C=O) groups excluding carboxylic acids is 2. The summed E-state index contributed by atoms with van der Waals surface area (Å²) in [4.78, 5) is 33.4. The van der Waals surface area contributed by atoms with Gasteiger partial charge >= 0.3 is 0 Å². The molecule has 130 valence electrons. The molecule has 0 saturated heterocycles. The van der Waals surface area contributed by atoms with Gasteiger partial charge in [0.25, 0.3) is 5.69 Å². The number of rotatable bonds is 6. The average molecular weight is 343 g/mol. The van der Waals surface area contributed by atoms with Crippen LogP contribution in [0.2, 0.25) is 0 Å². The highest BCUT2D eigenvalue weighted by atomic mass is 16.6. The largest absolute Gasteiger partial charge is 0.494 e. The Labute approximate surface area is 144 Å². The van der Waals surface area contributed by atoms with Crippen molar-refractivity contribution in [1.82, 2.24) is 0 Å². The molecule has 2 aromatic carbocycles. The molecule has 2 aromatic rings. The number of nitro groups is 1. The molecule has 25 heavy (non-hydrogen) atoms. The second-order valence-corrected chi connectivity index (χ2v) is 5.24. The van der Waals surface area contributed by atoms with Crippen LogP contribution in [0.5, 0.6) is 5.75 Å². The van der Waals surface area contributed by atoms with E-state index in [4.69, 9.17) is 4.74 Å². The van der Waals surface area contributed by atoms with E-state index in [0.29, 0.717) is 11.4 Å². The maximum Gasteiger partial charge on any atom is 0.273 e. The summed E-state index contributed by atoms with van der Waals surface area (Å²) in [6, 6.07) is 10.8. The number of ether oxygens (including phenoxy) is 1. The lowest BCUT2D eigenvalue weighted by Crippen LogP contribution is -2.15. The molecule has 0 heterocycles. The van der Waals surface area contributed by atoms with Crippen LogP contribution in [-0.2, 0) is 16.0 Å². The molecule has 0 aliphatic carbocycles.